The summed E-state index contributed by atoms with van der Waals surface area (Å²) in [6, 6.07) is 68.4. The largest absolute Gasteiger partial charge is 0.326 e. The maximum atomic E-state index is 7.81. The van der Waals surface area contributed by atoms with Gasteiger partial charge < -0.3 is 9.80 Å². The summed E-state index contributed by atoms with van der Waals surface area (Å²) in [6.45, 7) is 16.7. The van der Waals surface area contributed by atoms with Gasteiger partial charge in [-0.3, -0.25) is 0 Å². The van der Waals surface area contributed by atoms with Crippen LogP contribution in [0.15, 0.2) is 237 Å². The molecular weight excluding hydrogens is 997 g/mol. The third-order valence-corrected chi connectivity index (χ3v) is 15.1. The first-order valence-electron chi connectivity index (χ1n) is 31.1. The van der Waals surface area contributed by atoms with Gasteiger partial charge in [-0.1, -0.05) is 130 Å². The van der Waals surface area contributed by atoms with Crippen LogP contribution in [0.4, 0.5) is 11.4 Å². The molecule has 82 heavy (non-hydrogen) atoms. The fourth-order valence-electron chi connectivity index (χ4n) is 10.1. The van der Waals surface area contributed by atoms with E-state index < -0.39 is 13.2 Å². The van der Waals surface area contributed by atoms with Crippen LogP contribution < -0.4 is 28.1 Å². The molecule has 0 saturated heterocycles. The summed E-state index contributed by atoms with van der Waals surface area (Å²) >= 11 is 0. The number of rotatable bonds is 9. The van der Waals surface area contributed by atoms with E-state index in [1.54, 1.807) is 19.2 Å². The van der Waals surface area contributed by atoms with Crippen LogP contribution in [0.1, 0.15) is 84.6 Å². The molecule has 10 aromatic rings. The van der Waals surface area contributed by atoms with Gasteiger partial charge in [0.1, 0.15) is 34.4 Å². The molecule has 1 aliphatic rings. The number of anilines is 2. The van der Waals surface area contributed by atoms with Crippen molar-refractivity contribution in [2.75, 3.05) is 9.80 Å². The van der Waals surface area contributed by atoms with Gasteiger partial charge in [0.15, 0.2) is 24.8 Å². The van der Waals surface area contributed by atoms with Crippen LogP contribution in [0.2, 0.25) is 0 Å². The molecule has 0 bridgehead atoms. The average molecular weight is 1090 g/mol. The second-order valence-electron chi connectivity index (χ2n) is 21.0. The van der Waals surface area contributed by atoms with Crippen LogP contribution in [-0.4, -0.2) is 6.17 Å². The molecule has 0 spiro atoms. The Morgan fingerprint density at radius 2 is 0.817 bits per heavy atom. The van der Waals surface area contributed by atoms with Crippen LogP contribution in [-0.2, 0) is 47.4 Å². The molecule has 1 atom stereocenters. The maximum absolute atomic E-state index is 7.81. The topological polar surface area (TPSA) is 22.0 Å². The van der Waals surface area contributed by atoms with Crippen molar-refractivity contribution in [3.05, 3.63) is 287 Å². The SMILES string of the molecule is CCc1cc[n+](C)c(-c2ccccc2C)c1.CCc1ccc(-c2ccccc2C)[n+](C)c1.Cc1ccccc1N1C=CN(c2ccccc2)C1C.[2H]C([2H])(C)c1cc[n+](C)c(-c2ccccc2C)c1.[2H]C([2H])([2H])c1ccc(-c2ccccc2C)[n+](C)c1. The van der Waals surface area contributed by atoms with Crippen LogP contribution in [0.3, 0.4) is 0 Å². The maximum Gasteiger partial charge on any atom is 0.212 e. The Bertz CT molecular complexity index is 3920. The van der Waals surface area contributed by atoms with Gasteiger partial charge in [-0.05, 0) is 161 Å². The molecule has 11 rings (SSSR count). The first-order valence-corrected chi connectivity index (χ1v) is 28.6. The molecule has 6 nitrogen and oxygen atoms in total. The second kappa shape index (κ2) is 29.6. The van der Waals surface area contributed by atoms with Gasteiger partial charge >= 0.3 is 0 Å². The summed E-state index contributed by atoms with van der Waals surface area (Å²) in [5, 5.41) is 0. The Hall–Kier alpha value is -8.74. The normalized spacial score (nSPS) is 13.4. The number of hydrogen-bond acceptors (Lipinski definition) is 2. The lowest BCUT2D eigenvalue weighted by molar-refractivity contribution is -0.660. The molecule has 6 heteroatoms. The Morgan fingerprint density at radius 3 is 1.27 bits per heavy atom. The number of aryl methyl sites for hydroxylation is 13. The molecule has 0 radical (unpaired) electrons. The van der Waals surface area contributed by atoms with Crippen molar-refractivity contribution in [3.8, 4) is 45.0 Å². The summed E-state index contributed by atoms with van der Waals surface area (Å²) in [7, 11) is 8.07. The van der Waals surface area contributed by atoms with Crippen molar-refractivity contribution in [3.63, 3.8) is 0 Å². The van der Waals surface area contributed by atoms with Gasteiger partial charge in [0.25, 0.3) is 0 Å². The molecule has 418 valence electrons. The van der Waals surface area contributed by atoms with Crippen molar-refractivity contribution in [2.24, 2.45) is 28.2 Å². The lowest BCUT2D eigenvalue weighted by Gasteiger charge is -2.30. The van der Waals surface area contributed by atoms with E-state index in [2.05, 4.69) is 240 Å². The third-order valence-electron chi connectivity index (χ3n) is 15.1. The minimum absolute atomic E-state index is 0.295. The number of nitrogens with zero attached hydrogens (tertiary/aromatic N) is 6. The highest BCUT2D eigenvalue weighted by Crippen LogP contribution is 2.31. The van der Waals surface area contributed by atoms with Crippen molar-refractivity contribution >= 4 is 11.4 Å². The van der Waals surface area contributed by atoms with E-state index in [1.165, 1.54) is 72.8 Å². The molecule has 0 saturated carbocycles. The van der Waals surface area contributed by atoms with E-state index in [4.69, 9.17) is 6.85 Å². The van der Waals surface area contributed by atoms with Crippen LogP contribution in [0.5, 0.6) is 0 Å². The predicted molar refractivity (Wildman–Crippen MR) is 345 cm³/mol. The minimum atomic E-state index is -2.05. The molecule has 6 aromatic carbocycles. The highest BCUT2D eigenvalue weighted by Gasteiger charge is 2.25. The monoisotopic (exact) mass is 1090 g/mol. The smallest absolute Gasteiger partial charge is 0.212 e. The van der Waals surface area contributed by atoms with Crippen molar-refractivity contribution in [1.29, 1.82) is 0 Å². The number of benzene rings is 6. The molecule has 0 fully saturated rings. The number of hydrogen-bond donors (Lipinski definition) is 0. The van der Waals surface area contributed by atoms with E-state index in [9.17, 15) is 0 Å². The van der Waals surface area contributed by atoms with Crippen molar-refractivity contribution in [1.82, 2.24) is 0 Å². The summed E-state index contributed by atoms with van der Waals surface area (Å²) in [6.07, 6.45) is 13.4. The van der Waals surface area contributed by atoms with Crippen LogP contribution in [0.25, 0.3) is 45.0 Å². The van der Waals surface area contributed by atoms with Gasteiger partial charge in [-0.2, -0.15) is 0 Å². The quantitative estimate of drug-likeness (QED) is 0.134. The van der Waals surface area contributed by atoms with E-state index in [0.717, 1.165) is 35.4 Å². The molecular formula is C76H88N6+4. The Labute approximate surface area is 499 Å². The molecule has 4 aromatic heterocycles. The lowest BCUT2D eigenvalue weighted by Crippen LogP contribution is -2.36. The van der Waals surface area contributed by atoms with E-state index >= 15 is 0 Å². The fourth-order valence-corrected chi connectivity index (χ4v) is 10.1. The summed E-state index contributed by atoms with van der Waals surface area (Å²) in [4.78, 5) is 4.59. The Kier molecular flexibility index (Phi) is 19.5. The molecule has 0 amide bonds. The predicted octanol–water partition coefficient (Wildman–Crippen LogP) is 16.1. The van der Waals surface area contributed by atoms with E-state index in [-0.39, 0.29) is 0 Å². The lowest BCUT2D eigenvalue weighted by atomic mass is 10.0. The average Bonchev–Trinajstić information content (AvgIpc) is 2.97. The van der Waals surface area contributed by atoms with Crippen LogP contribution >= 0.6 is 0 Å². The van der Waals surface area contributed by atoms with Gasteiger partial charge in [0.2, 0.25) is 22.8 Å². The third kappa shape index (κ3) is 15.8. The number of aromatic nitrogens is 4. The fraction of sp³-hybridized carbons (Fsp3) is 0.237. The standard InChI is InChI=1S/C17H18N2.3C15H18N.C14H16N/c1-14-8-6-7-11-17(14)19-13-12-18(15(19)2)16-9-4-3-5-10-16;2*1-4-13-9-10-16(3)15(11-13)14-8-6-5-7-12(14)2;1-4-13-9-10-15(16(3)11-13)14-8-6-5-7-12(14)2;1-11-8-9-14(15(3)10-11)13-7-5-4-6-12(13)2/h3-13,15H,1-2H3;3*5-11H,4H2,1-3H3;4-10H,1-3H3/q;4*+1/i;4D2;;;1D3. The van der Waals surface area contributed by atoms with Crippen molar-refractivity contribution < 1.29 is 25.1 Å². The molecule has 0 N–H and O–H groups in total. The molecule has 0 aliphatic carbocycles. The zero-order valence-electron chi connectivity index (χ0n) is 55.7. The van der Waals surface area contributed by atoms with Crippen LogP contribution in [0, 0.1) is 41.5 Å². The zero-order chi connectivity index (χ0) is 63.0. The first kappa shape index (κ1) is 53.9. The first-order chi connectivity index (χ1) is 41.5. The summed E-state index contributed by atoms with van der Waals surface area (Å²) < 4.78 is 46.1. The summed E-state index contributed by atoms with van der Waals surface area (Å²) in [5.41, 5.74) is 22.2. The highest BCUT2D eigenvalue weighted by molar-refractivity contribution is 5.65. The zero-order valence-corrected chi connectivity index (χ0v) is 50.7. The minimum Gasteiger partial charge on any atom is -0.326 e. The number of para-hydroxylation sites is 2. The van der Waals surface area contributed by atoms with E-state index in [0.29, 0.717) is 17.3 Å². The van der Waals surface area contributed by atoms with Gasteiger partial charge in [-0.25, -0.2) is 18.3 Å². The van der Waals surface area contributed by atoms with Gasteiger partial charge in [0, 0.05) is 100 Å². The second-order valence-corrected chi connectivity index (χ2v) is 21.0. The Balaban J connectivity index is 0.000000156. The molecule has 1 unspecified atom stereocenters. The summed E-state index contributed by atoms with van der Waals surface area (Å²) in [5.74, 6) is 0. The highest BCUT2D eigenvalue weighted by atomic mass is 15.4. The molecule has 5 heterocycles. The van der Waals surface area contributed by atoms with Crippen molar-refractivity contribution in [2.45, 2.75) is 94.5 Å². The molecule has 1 aliphatic heterocycles. The Morgan fingerprint density at radius 1 is 0.402 bits per heavy atom. The van der Waals surface area contributed by atoms with E-state index in [1.807, 2.05) is 97.0 Å². The number of pyridine rings is 4. The van der Waals surface area contributed by atoms with Gasteiger partial charge in [0.05, 0.1) is 0 Å². The van der Waals surface area contributed by atoms with Gasteiger partial charge in [-0.15, -0.1) is 0 Å².